The molecule has 0 spiro atoms. The monoisotopic (exact) mass is 393 g/mol. The molecule has 0 radical (unpaired) electrons. The smallest absolute Gasteiger partial charge is 0.305 e. The third kappa shape index (κ3) is 5.85. The summed E-state index contributed by atoms with van der Waals surface area (Å²) < 4.78 is 10.8. The number of nitrogens with zero attached hydrogens (tertiary/aromatic N) is 1. The van der Waals surface area contributed by atoms with Crippen LogP contribution >= 0.6 is 24.0 Å². The maximum atomic E-state index is 12.6. The lowest BCUT2D eigenvalue weighted by Gasteiger charge is -2.13. The molecule has 0 bridgehead atoms. The van der Waals surface area contributed by atoms with Crippen LogP contribution in [0.2, 0.25) is 0 Å². The fraction of sp³-hybridized carbons (Fsp3) is 0.421. The van der Waals surface area contributed by atoms with Crippen LogP contribution in [0.15, 0.2) is 29.2 Å². The Morgan fingerprint density at radius 3 is 2.88 bits per heavy atom. The summed E-state index contributed by atoms with van der Waals surface area (Å²) in [6, 6.07) is 7.48. The van der Waals surface area contributed by atoms with E-state index in [1.807, 2.05) is 31.2 Å². The first kappa shape index (κ1) is 20.5. The van der Waals surface area contributed by atoms with Crippen molar-refractivity contribution in [2.75, 3.05) is 20.3 Å². The maximum Gasteiger partial charge on any atom is 0.305 e. The van der Waals surface area contributed by atoms with Crippen LogP contribution in [0.5, 0.6) is 5.75 Å². The van der Waals surface area contributed by atoms with Gasteiger partial charge in [0.05, 0.1) is 18.6 Å². The second kappa shape index (κ2) is 10.3. The Bertz CT molecular complexity index is 703. The van der Waals surface area contributed by atoms with Crippen molar-refractivity contribution in [3.63, 3.8) is 0 Å². The molecule has 1 aliphatic rings. The Labute approximate surface area is 163 Å². The number of benzene rings is 1. The molecular formula is C19H23NO4S2. The molecule has 1 amide bonds. The van der Waals surface area contributed by atoms with E-state index in [0.29, 0.717) is 28.8 Å². The summed E-state index contributed by atoms with van der Waals surface area (Å²) in [7, 11) is 1.60. The zero-order valence-electron chi connectivity index (χ0n) is 15.0. The van der Waals surface area contributed by atoms with Gasteiger partial charge >= 0.3 is 5.97 Å². The molecule has 0 saturated carbocycles. The van der Waals surface area contributed by atoms with Crippen LogP contribution in [0.1, 0.15) is 38.2 Å². The second-order valence-corrected chi connectivity index (χ2v) is 7.46. The number of hydrogen-bond acceptors (Lipinski definition) is 6. The van der Waals surface area contributed by atoms with Crippen molar-refractivity contribution in [1.82, 2.24) is 4.90 Å². The summed E-state index contributed by atoms with van der Waals surface area (Å²) in [5.41, 5.74) is 0.879. The minimum Gasteiger partial charge on any atom is -0.497 e. The first-order valence-corrected chi connectivity index (χ1v) is 9.82. The first-order chi connectivity index (χ1) is 12.5. The molecule has 7 heteroatoms. The van der Waals surface area contributed by atoms with Crippen LogP contribution in [-0.4, -0.2) is 41.4 Å². The van der Waals surface area contributed by atoms with E-state index in [4.69, 9.17) is 21.7 Å². The van der Waals surface area contributed by atoms with Crippen molar-refractivity contribution in [3.05, 3.63) is 34.7 Å². The van der Waals surface area contributed by atoms with Gasteiger partial charge in [0.15, 0.2) is 0 Å². The molecule has 2 rings (SSSR count). The average molecular weight is 394 g/mol. The van der Waals surface area contributed by atoms with Gasteiger partial charge in [-0.05, 0) is 36.6 Å². The average Bonchev–Trinajstić information content (AvgIpc) is 2.89. The molecule has 1 aliphatic heterocycles. The van der Waals surface area contributed by atoms with Gasteiger partial charge in [-0.25, -0.2) is 0 Å². The predicted octanol–water partition coefficient (Wildman–Crippen LogP) is 4.02. The van der Waals surface area contributed by atoms with Gasteiger partial charge in [-0.3, -0.25) is 14.5 Å². The number of esters is 1. The number of rotatable bonds is 9. The molecule has 1 aromatic rings. The number of carbonyl (C=O) groups excluding carboxylic acids is 2. The van der Waals surface area contributed by atoms with Gasteiger partial charge in [0.2, 0.25) is 0 Å². The lowest BCUT2D eigenvalue weighted by atomic mass is 10.2. The standard InChI is InChI=1S/C19H23NO4S2/c1-3-4-11-24-17(21)9-6-10-20-18(22)16(26-19(20)25)13-14-7-5-8-15(12-14)23-2/h5,7-8,12-13H,3-4,6,9-11H2,1-2H3/b16-13-. The van der Waals surface area contributed by atoms with E-state index in [-0.39, 0.29) is 18.3 Å². The van der Waals surface area contributed by atoms with Crippen molar-refractivity contribution in [2.24, 2.45) is 0 Å². The molecule has 0 aliphatic carbocycles. The van der Waals surface area contributed by atoms with Crippen molar-refractivity contribution < 1.29 is 19.1 Å². The topological polar surface area (TPSA) is 55.8 Å². The quantitative estimate of drug-likeness (QED) is 0.273. The minimum atomic E-state index is -0.226. The summed E-state index contributed by atoms with van der Waals surface area (Å²) in [5, 5.41) is 0. The summed E-state index contributed by atoms with van der Waals surface area (Å²) in [4.78, 5) is 26.3. The Hall–Kier alpha value is -1.86. The van der Waals surface area contributed by atoms with Crippen molar-refractivity contribution in [3.8, 4) is 5.75 Å². The number of methoxy groups -OCH3 is 1. The molecule has 0 unspecified atom stereocenters. The Morgan fingerprint density at radius 2 is 2.15 bits per heavy atom. The summed E-state index contributed by atoms with van der Waals surface area (Å²) >= 11 is 6.59. The fourth-order valence-corrected chi connectivity index (χ4v) is 3.67. The SMILES string of the molecule is CCCCOC(=O)CCCN1C(=O)/C(=C/c2cccc(OC)c2)SC1=S. The Balaban J connectivity index is 1.89. The zero-order valence-corrected chi connectivity index (χ0v) is 16.7. The molecule has 140 valence electrons. The van der Waals surface area contributed by atoms with E-state index in [2.05, 4.69) is 0 Å². The van der Waals surface area contributed by atoms with Crippen LogP contribution in [0.4, 0.5) is 0 Å². The number of ether oxygens (including phenoxy) is 2. The lowest BCUT2D eigenvalue weighted by Crippen LogP contribution is -2.29. The normalized spacial score (nSPS) is 15.6. The highest BCUT2D eigenvalue weighted by molar-refractivity contribution is 8.26. The number of thiocarbonyl (C=S) groups is 1. The summed E-state index contributed by atoms with van der Waals surface area (Å²) in [6.07, 6.45) is 4.49. The van der Waals surface area contributed by atoms with E-state index in [1.165, 1.54) is 11.8 Å². The first-order valence-electron chi connectivity index (χ1n) is 8.60. The molecule has 1 saturated heterocycles. The molecule has 1 heterocycles. The number of hydrogen-bond donors (Lipinski definition) is 0. The molecule has 1 aromatic carbocycles. The van der Waals surface area contributed by atoms with E-state index >= 15 is 0 Å². The van der Waals surface area contributed by atoms with Crippen molar-refractivity contribution in [1.29, 1.82) is 0 Å². The molecular weight excluding hydrogens is 370 g/mol. The van der Waals surface area contributed by atoms with Gasteiger partial charge in [0.1, 0.15) is 10.1 Å². The molecule has 0 atom stereocenters. The zero-order chi connectivity index (χ0) is 18.9. The molecule has 26 heavy (non-hydrogen) atoms. The fourth-order valence-electron chi connectivity index (χ4n) is 2.36. The van der Waals surface area contributed by atoms with Crippen LogP contribution in [0, 0.1) is 0 Å². The summed E-state index contributed by atoms with van der Waals surface area (Å²) in [6.45, 7) is 2.92. The molecule has 5 nitrogen and oxygen atoms in total. The highest BCUT2D eigenvalue weighted by Crippen LogP contribution is 2.33. The summed E-state index contributed by atoms with van der Waals surface area (Å²) in [5.74, 6) is 0.383. The number of thioether (sulfide) groups is 1. The number of amides is 1. The van der Waals surface area contributed by atoms with E-state index in [0.717, 1.165) is 24.2 Å². The number of carbonyl (C=O) groups is 2. The second-order valence-electron chi connectivity index (χ2n) is 5.79. The van der Waals surface area contributed by atoms with Gasteiger partial charge in [0.25, 0.3) is 5.91 Å². The van der Waals surface area contributed by atoms with Gasteiger partial charge in [-0.1, -0.05) is 49.5 Å². The third-order valence-electron chi connectivity index (χ3n) is 3.79. The van der Waals surface area contributed by atoms with Crippen LogP contribution < -0.4 is 4.74 Å². The van der Waals surface area contributed by atoms with Gasteiger partial charge in [-0.2, -0.15) is 0 Å². The van der Waals surface area contributed by atoms with Gasteiger partial charge in [-0.15, -0.1) is 0 Å². The van der Waals surface area contributed by atoms with Crippen LogP contribution in [-0.2, 0) is 14.3 Å². The van der Waals surface area contributed by atoms with Crippen molar-refractivity contribution in [2.45, 2.75) is 32.6 Å². The largest absolute Gasteiger partial charge is 0.497 e. The lowest BCUT2D eigenvalue weighted by molar-refractivity contribution is -0.144. The number of unbranched alkanes of at least 4 members (excludes halogenated alkanes) is 1. The predicted molar refractivity (Wildman–Crippen MR) is 108 cm³/mol. The van der Waals surface area contributed by atoms with E-state index in [1.54, 1.807) is 18.1 Å². The van der Waals surface area contributed by atoms with Gasteiger partial charge < -0.3 is 9.47 Å². The maximum absolute atomic E-state index is 12.6. The Kier molecular flexibility index (Phi) is 8.12. The molecule has 0 N–H and O–H groups in total. The van der Waals surface area contributed by atoms with Crippen LogP contribution in [0.25, 0.3) is 6.08 Å². The van der Waals surface area contributed by atoms with Crippen molar-refractivity contribution >= 4 is 46.3 Å². The third-order valence-corrected chi connectivity index (χ3v) is 5.17. The highest BCUT2D eigenvalue weighted by Gasteiger charge is 2.31. The molecule has 0 aromatic heterocycles. The van der Waals surface area contributed by atoms with E-state index < -0.39 is 0 Å². The van der Waals surface area contributed by atoms with E-state index in [9.17, 15) is 9.59 Å². The molecule has 1 fully saturated rings. The van der Waals surface area contributed by atoms with Crippen LogP contribution in [0.3, 0.4) is 0 Å². The highest BCUT2D eigenvalue weighted by atomic mass is 32.2. The van der Waals surface area contributed by atoms with Gasteiger partial charge in [0, 0.05) is 13.0 Å². The Morgan fingerprint density at radius 1 is 1.35 bits per heavy atom. The minimum absolute atomic E-state index is 0.123.